The van der Waals surface area contributed by atoms with Crippen LogP contribution < -0.4 is 0 Å². The van der Waals surface area contributed by atoms with Crippen LogP contribution in [0.25, 0.3) is 0 Å². The summed E-state index contributed by atoms with van der Waals surface area (Å²) in [5, 5.41) is 0. The molecule has 0 spiro atoms. The standard InChI is InChI=1S/C12H24Cl3NO3/c1-10(17-7-13)4-16(5-11(2)18-8-14)6-12(3)19-9-15/h10-12H,4-9H2,1-3H3. The Morgan fingerprint density at radius 3 is 1.16 bits per heavy atom. The van der Waals surface area contributed by atoms with Gasteiger partial charge in [0.05, 0.1) is 18.3 Å². The molecule has 0 aromatic heterocycles. The number of nitrogens with zero attached hydrogens (tertiary/aromatic N) is 1. The van der Waals surface area contributed by atoms with E-state index in [1.54, 1.807) is 0 Å². The van der Waals surface area contributed by atoms with Crippen molar-refractivity contribution in [2.45, 2.75) is 39.1 Å². The van der Waals surface area contributed by atoms with E-state index in [0.717, 1.165) is 19.6 Å². The van der Waals surface area contributed by atoms with E-state index in [1.165, 1.54) is 0 Å². The van der Waals surface area contributed by atoms with Gasteiger partial charge in [0, 0.05) is 19.6 Å². The van der Waals surface area contributed by atoms with E-state index in [9.17, 15) is 0 Å². The van der Waals surface area contributed by atoms with Gasteiger partial charge in [-0.05, 0) is 20.8 Å². The molecule has 0 amide bonds. The first-order chi connectivity index (χ1) is 9.03. The highest BCUT2D eigenvalue weighted by Gasteiger charge is 2.17. The first kappa shape index (κ1) is 19.7. The number of alkyl halides is 3. The molecule has 0 heterocycles. The summed E-state index contributed by atoms with van der Waals surface area (Å²) in [4.78, 5) is 2.20. The maximum Gasteiger partial charge on any atom is 0.121 e. The molecule has 0 rings (SSSR count). The fourth-order valence-corrected chi connectivity index (χ4v) is 2.44. The molecule has 0 saturated heterocycles. The predicted molar refractivity (Wildman–Crippen MR) is 80.2 cm³/mol. The SMILES string of the molecule is CC(CN(CC(C)OCCl)CC(C)OCCl)OCCl. The van der Waals surface area contributed by atoms with Crippen molar-refractivity contribution in [3.8, 4) is 0 Å². The lowest BCUT2D eigenvalue weighted by molar-refractivity contribution is 0.00263. The highest BCUT2D eigenvalue weighted by atomic mass is 35.5. The summed E-state index contributed by atoms with van der Waals surface area (Å²) < 4.78 is 16.0. The third-order valence-corrected chi connectivity index (χ3v) is 2.97. The zero-order valence-corrected chi connectivity index (χ0v) is 14.0. The van der Waals surface area contributed by atoms with Crippen LogP contribution >= 0.6 is 34.8 Å². The summed E-state index contributed by atoms with van der Waals surface area (Å²) in [5.41, 5.74) is 0. The molecule has 0 radical (unpaired) electrons. The Hall–Kier alpha value is 0.710. The van der Waals surface area contributed by atoms with Crippen molar-refractivity contribution in [2.75, 3.05) is 37.8 Å². The van der Waals surface area contributed by atoms with Crippen LogP contribution in [0.5, 0.6) is 0 Å². The van der Waals surface area contributed by atoms with Crippen molar-refractivity contribution >= 4 is 34.8 Å². The van der Waals surface area contributed by atoms with E-state index < -0.39 is 0 Å². The molecule has 0 aromatic carbocycles. The maximum absolute atomic E-state index is 5.57. The lowest BCUT2D eigenvalue weighted by Gasteiger charge is -2.29. The Morgan fingerprint density at radius 1 is 0.684 bits per heavy atom. The summed E-state index contributed by atoms with van der Waals surface area (Å²) >= 11 is 16.7. The smallest absolute Gasteiger partial charge is 0.121 e. The molecule has 0 aliphatic rings. The van der Waals surface area contributed by atoms with Crippen LogP contribution in [0.3, 0.4) is 0 Å². The van der Waals surface area contributed by atoms with Gasteiger partial charge < -0.3 is 14.2 Å². The molecule has 3 atom stereocenters. The van der Waals surface area contributed by atoms with Crippen LogP contribution in [0.4, 0.5) is 0 Å². The minimum Gasteiger partial charge on any atom is -0.361 e. The zero-order valence-electron chi connectivity index (χ0n) is 11.8. The maximum atomic E-state index is 5.57. The average molecular weight is 337 g/mol. The zero-order chi connectivity index (χ0) is 14.7. The fourth-order valence-electron chi connectivity index (χ4n) is 1.80. The largest absolute Gasteiger partial charge is 0.361 e. The van der Waals surface area contributed by atoms with Gasteiger partial charge in [-0.3, -0.25) is 4.90 Å². The minimum absolute atomic E-state index is 0.0453. The highest BCUT2D eigenvalue weighted by molar-refractivity contribution is 6.17. The van der Waals surface area contributed by atoms with Crippen molar-refractivity contribution in [3.63, 3.8) is 0 Å². The predicted octanol–water partition coefficient (Wildman–Crippen LogP) is 3.09. The molecule has 116 valence electrons. The summed E-state index contributed by atoms with van der Waals surface area (Å²) in [6.45, 7) is 8.19. The Bertz CT molecular complexity index is 179. The van der Waals surface area contributed by atoms with Gasteiger partial charge >= 0.3 is 0 Å². The molecule has 0 saturated carbocycles. The van der Waals surface area contributed by atoms with E-state index in [0.29, 0.717) is 0 Å². The van der Waals surface area contributed by atoms with Gasteiger partial charge in [-0.25, -0.2) is 0 Å². The Balaban J connectivity index is 4.28. The van der Waals surface area contributed by atoms with Crippen molar-refractivity contribution < 1.29 is 14.2 Å². The second-order valence-corrected chi connectivity index (χ2v) is 5.13. The molecule has 0 aromatic rings. The first-order valence-corrected chi connectivity index (χ1v) is 7.88. The Morgan fingerprint density at radius 2 is 0.947 bits per heavy atom. The monoisotopic (exact) mass is 335 g/mol. The Kier molecular flexibility index (Phi) is 12.9. The van der Waals surface area contributed by atoms with E-state index >= 15 is 0 Å². The third kappa shape index (κ3) is 11.1. The van der Waals surface area contributed by atoms with Crippen LogP contribution in [0, 0.1) is 0 Å². The molecule has 0 aliphatic carbocycles. The van der Waals surface area contributed by atoms with E-state index in [1.807, 2.05) is 20.8 Å². The summed E-state index contributed by atoms with van der Waals surface area (Å²) in [6, 6.07) is 0.573. The molecule has 4 nitrogen and oxygen atoms in total. The molecule has 0 N–H and O–H groups in total. The molecular formula is C12H24Cl3NO3. The van der Waals surface area contributed by atoms with Crippen molar-refractivity contribution in [3.05, 3.63) is 0 Å². The van der Waals surface area contributed by atoms with Crippen LogP contribution in [0.15, 0.2) is 0 Å². The molecule has 0 bridgehead atoms. The topological polar surface area (TPSA) is 30.9 Å². The fraction of sp³-hybridized carbons (Fsp3) is 1.00. The van der Waals surface area contributed by atoms with E-state index in [-0.39, 0.29) is 36.5 Å². The third-order valence-electron chi connectivity index (χ3n) is 2.59. The number of hydrogen-bond acceptors (Lipinski definition) is 4. The number of hydrogen-bond donors (Lipinski definition) is 0. The summed E-state index contributed by atoms with van der Waals surface area (Å²) in [6.07, 6.45) is 0.136. The van der Waals surface area contributed by atoms with Gasteiger partial charge in [0.25, 0.3) is 0 Å². The summed E-state index contributed by atoms with van der Waals surface area (Å²) in [7, 11) is 0. The molecule has 19 heavy (non-hydrogen) atoms. The van der Waals surface area contributed by atoms with Crippen molar-refractivity contribution in [1.82, 2.24) is 4.90 Å². The lowest BCUT2D eigenvalue weighted by Crippen LogP contribution is -2.42. The van der Waals surface area contributed by atoms with Crippen LogP contribution in [-0.4, -0.2) is 61.0 Å². The second kappa shape index (κ2) is 12.5. The van der Waals surface area contributed by atoms with Gasteiger partial charge in [0.15, 0.2) is 0 Å². The molecule has 0 fully saturated rings. The van der Waals surface area contributed by atoms with E-state index in [2.05, 4.69) is 4.90 Å². The minimum atomic E-state index is 0.0453. The normalized spacial score (nSPS) is 16.6. The second-order valence-electron chi connectivity index (χ2n) is 4.48. The van der Waals surface area contributed by atoms with Crippen molar-refractivity contribution in [2.24, 2.45) is 0 Å². The highest BCUT2D eigenvalue weighted by Crippen LogP contribution is 2.05. The quantitative estimate of drug-likeness (QED) is 0.512. The molecule has 3 unspecified atom stereocenters. The van der Waals surface area contributed by atoms with Gasteiger partial charge in [-0.15, -0.1) is 0 Å². The van der Waals surface area contributed by atoms with Crippen molar-refractivity contribution in [1.29, 1.82) is 0 Å². The first-order valence-electron chi connectivity index (χ1n) is 6.28. The molecule has 7 heteroatoms. The number of ether oxygens (including phenoxy) is 3. The van der Waals surface area contributed by atoms with Gasteiger partial charge in [0.2, 0.25) is 0 Å². The van der Waals surface area contributed by atoms with Gasteiger partial charge in [-0.1, -0.05) is 34.8 Å². The number of halogens is 3. The average Bonchev–Trinajstić information content (AvgIpc) is 2.29. The Labute approximate surface area is 131 Å². The number of rotatable bonds is 12. The molecule has 0 aliphatic heterocycles. The van der Waals surface area contributed by atoms with E-state index in [4.69, 9.17) is 49.0 Å². The van der Waals surface area contributed by atoms with Crippen LogP contribution in [0.1, 0.15) is 20.8 Å². The van der Waals surface area contributed by atoms with Gasteiger partial charge in [-0.2, -0.15) is 0 Å². The van der Waals surface area contributed by atoms with Gasteiger partial charge in [0.1, 0.15) is 18.2 Å². The molecular weight excluding hydrogens is 312 g/mol. The summed E-state index contributed by atoms with van der Waals surface area (Å²) in [5.74, 6) is 0. The lowest BCUT2D eigenvalue weighted by atomic mass is 10.2. The van der Waals surface area contributed by atoms with Crippen LogP contribution in [-0.2, 0) is 14.2 Å². The van der Waals surface area contributed by atoms with Crippen LogP contribution in [0.2, 0.25) is 0 Å².